The molecule has 5 heteroatoms. The Labute approximate surface area is 111 Å². The second-order valence-electron chi connectivity index (χ2n) is 4.85. The van der Waals surface area contributed by atoms with Crippen molar-refractivity contribution in [1.82, 2.24) is 5.32 Å². The molecular formula is C14H17F2NO2. The van der Waals surface area contributed by atoms with Crippen LogP contribution in [0.3, 0.4) is 0 Å². The summed E-state index contributed by atoms with van der Waals surface area (Å²) >= 11 is 0. The topological polar surface area (TPSA) is 38.3 Å². The van der Waals surface area contributed by atoms with Crippen LogP contribution in [0.5, 0.6) is 0 Å². The summed E-state index contributed by atoms with van der Waals surface area (Å²) in [6, 6.07) is 3.99. The molecule has 1 aromatic rings. The number of hydrogen-bond acceptors (Lipinski definition) is 3. The summed E-state index contributed by atoms with van der Waals surface area (Å²) in [5.74, 6) is -1.98. The molecule has 0 radical (unpaired) electrons. The highest BCUT2D eigenvalue weighted by atomic mass is 19.2. The number of carbonyl (C=O) groups is 1. The van der Waals surface area contributed by atoms with E-state index >= 15 is 0 Å². The van der Waals surface area contributed by atoms with E-state index in [1.165, 1.54) is 13.2 Å². The normalized spacial score (nSPS) is 23.1. The van der Waals surface area contributed by atoms with Gasteiger partial charge in [-0.15, -0.1) is 0 Å². The van der Waals surface area contributed by atoms with E-state index in [-0.39, 0.29) is 17.9 Å². The number of rotatable bonds is 3. The van der Waals surface area contributed by atoms with Gasteiger partial charge in [0.25, 0.3) is 0 Å². The van der Waals surface area contributed by atoms with E-state index in [0.29, 0.717) is 12.8 Å². The Balaban J connectivity index is 1.98. The fourth-order valence-electron chi connectivity index (χ4n) is 2.49. The maximum absolute atomic E-state index is 13.1. The van der Waals surface area contributed by atoms with E-state index in [1.54, 1.807) is 6.07 Å². The molecule has 0 spiro atoms. The van der Waals surface area contributed by atoms with Gasteiger partial charge in [0.05, 0.1) is 13.0 Å². The van der Waals surface area contributed by atoms with Crippen molar-refractivity contribution in [3.05, 3.63) is 35.4 Å². The number of halogens is 2. The van der Waals surface area contributed by atoms with Crippen LogP contribution in [-0.2, 0) is 16.0 Å². The fourth-order valence-corrected chi connectivity index (χ4v) is 2.49. The molecule has 1 heterocycles. The SMILES string of the molecule is COC(=O)C1CCNC(Cc2ccc(F)c(F)c2)C1. The first kappa shape index (κ1) is 13.9. The van der Waals surface area contributed by atoms with Crippen LogP contribution in [0.25, 0.3) is 0 Å². The first-order valence-electron chi connectivity index (χ1n) is 6.35. The molecule has 2 rings (SSSR count). The van der Waals surface area contributed by atoms with Crippen LogP contribution in [-0.4, -0.2) is 25.7 Å². The summed E-state index contributed by atoms with van der Waals surface area (Å²) in [6.45, 7) is 0.730. The van der Waals surface area contributed by atoms with Crippen LogP contribution in [0, 0.1) is 17.6 Å². The first-order chi connectivity index (χ1) is 9.10. The fraction of sp³-hybridized carbons (Fsp3) is 0.500. The minimum atomic E-state index is -0.840. The summed E-state index contributed by atoms with van der Waals surface area (Å²) in [4.78, 5) is 11.5. The second kappa shape index (κ2) is 6.10. The molecular weight excluding hydrogens is 252 g/mol. The molecule has 104 valence electrons. The van der Waals surface area contributed by atoms with Crippen molar-refractivity contribution < 1.29 is 18.3 Å². The van der Waals surface area contributed by atoms with E-state index in [0.717, 1.165) is 24.6 Å². The number of benzene rings is 1. The predicted molar refractivity (Wildman–Crippen MR) is 66.6 cm³/mol. The molecule has 1 aliphatic heterocycles. The van der Waals surface area contributed by atoms with Gasteiger partial charge >= 0.3 is 5.97 Å². The monoisotopic (exact) mass is 269 g/mol. The average Bonchev–Trinajstić information content (AvgIpc) is 2.42. The van der Waals surface area contributed by atoms with Crippen molar-refractivity contribution in [1.29, 1.82) is 0 Å². The lowest BCUT2D eigenvalue weighted by Crippen LogP contribution is -2.42. The van der Waals surface area contributed by atoms with Gasteiger partial charge in [-0.1, -0.05) is 6.07 Å². The molecule has 0 bridgehead atoms. The molecule has 1 saturated heterocycles. The Morgan fingerprint density at radius 3 is 2.89 bits per heavy atom. The highest BCUT2D eigenvalue weighted by Gasteiger charge is 2.27. The summed E-state index contributed by atoms with van der Waals surface area (Å²) in [7, 11) is 1.38. The molecule has 1 fully saturated rings. The standard InChI is InChI=1S/C14H17F2NO2/c1-19-14(18)10-4-5-17-11(8-10)6-9-2-3-12(15)13(16)7-9/h2-3,7,10-11,17H,4-6,8H2,1H3. The van der Waals surface area contributed by atoms with Crippen LogP contribution in [0.15, 0.2) is 18.2 Å². The molecule has 0 saturated carbocycles. The number of hydrogen-bond donors (Lipinski definition) is 1. The Morgan fingerprint density at radius 1 is 1.42 bits per heavy atom. The molecule has 0 aliphatic carbocycles. The van der Waals surface area contributed by atoms with E-state index in [9.17, 15) is 13.6 Å². The molecule has 1 aromatic carbocycles. The number of carbonyl (C=O) groups excluding carboxylic acids is 1. The van der Waals surface area contributed by atoms with Gasteiger partial charge < -0.3 is 10.1 Å². The summed E-state index contributed by atoms with van der Waals surface area (Å²) in [5, 5.41) is 3.29. The summed E-state index contributed by atoms with van der Waals surface area (Å²) < 4.78 is 30.7. The van der Waals surface area contributed by atoms with E-state index in [1.807, 2.05) is 0 Å². The second-order valence-corrected chi connectivity index (χ2v) is 4.85. The van der Waals surface area contributed by atoms with Crippen molar-refractivity contribution in [2.24, 2.45) is 5.92 Å². The van der Waals surface area contributed by atoms with Gasteiger partial charge in [-0.3, -0.25) is 4.79 Å². The van der Waals surface area contributed by atoms with Gasteiger partial charge in [0, 0.05) is 6.04 Å². The van der Waals surface area contributed by atoms with Crippen LogP contribution in [0.4, 0.5) is 8.78 Å². The lowest BCUT2D eigenvalue weighted by Gasteiger charge is -2.28. The third-order valence-electron chi connectivity index (χ3n) is 3.50. The Bertz CT molecular complexity index is 465. The summed E-state index contributed by atoms with van der Waals surface area (Å²) in [5.41, 5.74) is 0.724. The van der Waals surface area contributed by atoms with Crippen LogP contribution in [0.2, 0.25) is 0 Å². The van der Waals surface area contributed by atoms with Gasteiger partial charge in [0.1, 0.15) is 0 Å². The zero-order chi connectivity index (χ0) is 13.8. The van der Waals surface area contributed by atoms with Gasteiger partial charge in [-0.25, -0.2) is 8.78 Å². The molecule has 0 aromatic heterocycles. The Hall–Kier alpha value is -1.49. The predicted octanol–water partition coefficient (Wildman–Crippen LogP) is 2.05. The Morgan fingerprint density at radius 2 is 2.21 bits per heavy atom. The number of ether oxygens (including phenoxy) is 1. The number of methoxy groups -OCH3 is 1. The molecule has 1 aliphatic rings. The smallest absolute Gasteiger partial charge is 0.308 e. The van der Waals surface area contributed by atoms with Crippen LogP contribution < -0.4 is 5.32 Å². The third-order valence-corrected chi connectivity index (χ3v) is 3.50. The quantitative estimate of drug-likeness (QED) is 0.853. The molecule has 2 atom stereocenters. The number of piperidine rings is 1. The first-order valence-corrected chi connectivity index (χ1v) is 6.35. The minimum Gasteiger partial charge on any atom is -0.469 e. The number of nitrogens with one attached hydrogen (secondary N) is 1. The maximum Gasteiger partial charge on any atom is 0.308 e. The van der Waals surface area contributed by atoms with Gasteiger partial charge in [-0.05, 0) is 43.5 Å². The minimum absolute atomic E-state index is 0.0858. The van der Waals surface area contributed by atoms with Gasteiger partial charge in [0.15, 0.2) is 11.6 Å². The van der Waals surface area contributed by atoms with Crippen LogP contribution in [0.1, 0.15) is 18.4 Å². The van der Waals surface area contributed by atoms with E-state index < -0.39 is 11.6 Å². The van der Waals surface area contributed by atoms with Gasteiger partial charge in [-0.2, -0.15) is 0 Å². The molecule has 19 heavy (non-hydrogen) atoms. The van der Waals surface area contributed by atoms with Crippen molar-refractivity contribution >= 4 is 5.97 Å². The van der Waals surface area contributed by atoms with E-state index in [4.69, 9.17) is 4.74 Å². The molecule has 2 unspecified atom stereocenters. The van der Waals surface area contributed by atoms with Crippen molar-refractivity contribution in [2.75, 3.05) is 13.7 Å². The molecule has 3 nitrogen and oxygen atoms in total. The van der Waals surface area contributed by atoms with E-state index in [2.05, 4.69) is 5.32 Å². The maximum atomic E-state index is 13.1. The third kappa shape index (κ3) is 3.50. The highest BCUT2D eigenvalue weighted by molar-refractivity contribution is 5.72. The molecule has 1 N–H and O–H groups in total. The lowest BCUT2D eigenvalue weighted by molar-refractivity contribution is -0.146. The van der Waals surface area contributed by atoms with Gasteiger partial charge in [0.2, 0.25) is 0 Å². The number of esters is 1. The highest BCUT2D eigenvalue weighted by Crippen LogP contribution is 2.21. The summed E-state index contributed by atoms with van der Waals surface area (Å²) in [6.07, 6.45) is 1.98. The van der Waals surface area contributed by atoms with Crippen molar-refractivity contribution in [3.8, 4) is 0 Å². The average molecular weight is 269 g/mol. The Kier molecular flexibility index (Phi) is 4.47. The van der Waals surface area contributed by atoms with Crippen molar-refractivity contribution in [3.63, 3.8) is 0 Å². The van der Waals surface area contributed by atoms with Crippen molar-refractivity contribution in [2.45, 2.75) is 25.3 Å². The lowest BCUT2D eigenvalue weighted by atomic mass is 9.89. The molecule has 0 amide bonds. The zero-order valence-electron chi connectivity index (χ0n) is 10.8. The van der Waals surface area contributed by atoms with Crippen LogP contribution >= 0.6 is 0 Å². The zero-order valence-corrected chi connectivity index (χ0v) is 10.8. The largest absolute Gasteiger partial charge is 0.469 e.